The summed E-state index contributed by atoms with van der Waals surface area (Å²) in [5.74, 6) is 2.15. The number of rotatable bonds is 5. The van der Waals surface area contributed by atoms with Crippen LogP contribution < -0.4 is 5.32 Å². The molecule has 0 fully saturated rings. The number of methoxy groups -OCH3 is 1. The van der Waals surface area contributed by atoms with E-state index in [0.29, 0.717) is 12.4 Å². The highest BCUT2D eigenvalue weighted by molar-refractivity contribution is 5.46. The predicted molar refractivity (Wildman–Crippen MR) is 72.5 cm³/mol. The Balaban J connectivity index is 1.96. The Labute approximate surface area is 115 Å². The lowest BCUT2D eigenvalue weighted by molar-refractivity contribution is 0.178. The minimum atomic E-state index is -0.107. The number of nitrogens with zero attached hydrogens (tertiary/aromatic N) is 4. The first-order chi connectivity index (χ1) is 9.78. The average Bonchev–Trinajstić information content (AvgIpc) is 3.08. The van der Waals surface area contributed by atoms with Crippen LogP contribution in [0.2, 0.25) is 0 Å². The molecular weight excluding hydrogens is 258 g/mol. The first-order valence-electron chi connectivity index (χ1n) is 6.24. The van der Waals surface area contributed by atoms with Crippen LogP contribution in [-0.4, -0.2) is 33.3 Å². The summed E-state index contributed by atoms with van der Waals surface area (Å²) in [7, 11) is 1.65. The minimum Gasteiger partial charge on any atom is -0.467 e. The van der Waals surface area contributed by atoms with E-state index in [9.17, 15) is 0 Å². The topological polar surface area (TPSA) is 77.5 Å². The maximum absolute atomic E-state index is 5.44. The van der Waals surface area contributed by atoms with Crippen molar-refractivity contribution in [3.63, 3.8) is 0 Å². The van der Waals surface area contributed by atoms with Crippen LogP contribution in [0.15, 0.2) is 35.2 Å². The van der Waals surface area contributed by atoms with Crippen molar-refractivity contribution in [3.8, 4) is 0 Å². The molecule has 0 aliphatic carbocycles. The quantitative estimate of drug-likeness (QED) is 0.764. The normalized spacial score (nSPS) is 12.7. The fraction of sp³-hybridized carbons (Fsp3) is 0.308. The number of anilines is 1. The first-order valence-corrected chi connectivity index (χ1v) is 6.24. The SMILES string of the molecule is COCC(Nc1cc(C)nc2ncnn12)c1ccco1. The van der Waals surface area contributed by atoms with Crippen molar-refractivity contribution in [3.05, 3.63) is 42.2 Å². The summed E-state index contributed by atoms with van der Waals surface area (Å²) < 4.78 is 12.3. The van der Waals surface area contributed by atoms with Crippen LogP contribution in [0.3, 0.4) is 0 Å². The summed E-state index contributed by atoms with van der Waals surface area (Å²) in [5.41, 5.74) is 0.864. The largest absolute Gasteiger partial charge is 0.467 e. The van der Waals surface area contributed by atoms with Crippen LogP contribution >= 0.6 is 0 Å². The minimum absolute atomic E-state index is 0.107. The smallest absolute Gasteiger partial charge is 0.254 e. The molecule has 1 atom stereocenters. The van der Waals surface area contributed by atoms with Crippen molar-refractivity contribution in [2.75, 3.05) is 19.0 Å². The van der Waals surface area contributed by atoms with E-state index in [1.54, 1.807) is 17.9 Å². The van der Waals surface area contributed by atoms with E-state index in [0.717, 1.165) is 17.3 Å². The highest BCUT2D eigenvalue weighted by Crippen LogP contribution is 2.21. The molecule has 3 heterocycles. The molecule has 0 aliphatic rings. The van der Waals surface area contributed by atoms with E-state index in [1.165, 1.54) is 6.33 Å². The average molecular weight is 273 g/mol. The van der Waals surface area contributed by atoms with Gasteiger partial charge in [-0.05, 0) is 19.1 Å². The van der Waals surface area contributed by atoms with Gasteiger partial charge in [0.15, 0.2) is 0 Å². The molecule has 3 aromatic heterocycles. The van der Waals surface area contributed by atoms with E-state index < -0.39 is 0 Å². The Morgan fingerprint density at radius 1 is 1.50 bits per heavy atom. The fourth-order valence-corrected chi connectivity index (χ4v) is 2.06. The van der Waals surface area contributed by atoms with Crippen LogP contribution in [0.1, 0.15) is 17.5 Å². The van der Waals surface area contributed by atoms with Crippen LogP contribution in [-0.2, 0) is 4.74 Å². The molecule has 0 bridgehead atoms. The molecule has 3 rings (SSSR count). The van der Waals surface area contributed by atoms with Crippen molar-refractivity contribution >= 4 is 11.6 Å². The van der Waals surface area contributed by atoms with Crippen molar-refractivity contribution in [1.82, 2.24) is 19.6 Å². The van der Waals surface area contributed by atoms with Crippen molar-refractivity contribution < 1.29 is 9.15 Å². The number of ether oxygens (including phenoxy) is 1. The van der Waals surface area contributed by atoms with Gasteiger partial charge in [0.2, 0.25) is 0 Å². The highest BCUT2D eigenvalue weighted by Gasteiger charge is 2.16. The number of aromatic nitrogens is 4. The van der Waals surface area contributed by atoms with Gasteiger partial charge in [-0.2, -0.15) is 14.6 Å². The summed E-state index contributed by atoms with van der Waals surface area (Å²) in [6.45, 7) is 2.39. The number of nitrogens with one attached hydrogen (secondary N) is 1. The van der Waals surface area contributed by atoms with Crippen molar-refractivity contribution in [1.29, 1.82) is 0 Å². The Morgan fingerprint density at radius 3 is 3.15 bits per heavy atom. The summed E-state index contributed by atoms with van der Waals surface area (Å²) in [5, 5.41) is 7.52. The Kier molecular flexibility index (Phi) is 3.34. The second kappa shape index (κ2) is 5.30. The van der Waals surface area contributed by atoms with Crippen LogP contribution in [0, 0.1) is 6.92 Å². The fourth-order valence-electron chi connectivity index (χ4n) is 2.06. The monoisotopic (exact) mass is 273 g/mol. The molecule has 7 heteroatoms. The lowest BCUT2D eigenvalue weighted by Gasteiger charge is -2.17. The van der Waals surface area contributed by atoms with E-state index in [4.69, 9.17) is 9.15 Å². The second-order valence-corrected chi connectivity index (χ2v) is 4.42. The zero-order valence-corrected chi connectivity index (χ0v) is 11.3. The Morgan fingerprint density at radius 2 is 2.40 bits per heavy atom. The number of furan rings is 1. The van der Waals surface area contributed by atoms with E-state index in [1.807, 2.05) is 25.1 Å². The van der Waals surface area contributed by atoms with Gasteiger partial charge in [0.25, 0.3) is 5.78 Å². The van der Waals surface area contributed by atoms with Crippen LogP contribution in [0.25, 0.3) is 5.78 Å². The molecule has 0 spiro atoms. The maximum atomic E-state index is 5.44. The molecule has 0 saturated carbocycles. The standard InChI is InChI=1S/C13H15N5O2/c1-9-6-12(18-13(16-9)14-8-15-18)17-10(7-19-2)11-4-3-5-20-11/h3-6,8,10,17H,7H2,1-2H3. The molecule has 0 aliphatic heterocycles. The van der Waals surface area contributed by atoms with Crippen LogP contribution in [0.4, 0.5) is 5.82 Å². The van der Waals surface area contributed by atoms with Gasteiger partial charge in [0.1, 0.15) is 23.9 Å². The number of hydrogen-bond donors (Lipinski definition) is 1. The molecule has 3 aromatic rings. The molecular formula is C13H15N5O2. The highest BCUT2D eigenvalue weighted by atomic mass is 16.5. The van der Waals surface area contributed by atoms with Gasteiger partial charge in [0.05, 0.1) is 12.9 Å². The van der Waals surface area contributed by atoms with E-state index in [2.05, 4.69) is 20.4 Å². The molecule has 0 aromatic carbocycles. The lowest BCUT2D eigenvalue weighted by Crippen LogP contribution is -2.18. The number of aryl methyl sites for hydroxylation is 1. The zero-order chi connectivity index (χ0) is 13.9. The van der Waals surface area contributed by atoms with Gasteiger partial charge in [0, 0.05) is 18.9 Å². The van der Waals surface area contributed by atoms with Gasteiger partial charge in [-0.1, -0.05) is 0 Å². The summed E-state index contributed by atoms with van der Waals surface area (Å²) >= 11 is 0. The maximum Gasteiger partial charge on any atom is 0.254 e. The summed E-state index contributed by atoms with van der Waals surface area (Å²) in [6, 6.07) is 5.56. The van der Waals surface area contributed by atoms with E-state index in [-0.39, 0.29) is 6.04 Å². The van der Waals surface area contributed by atoms with Gasteiger partial charge in [-0.3, -0.25) is 0 Å². The third-order valence-corrected chi connectivity index (χ3v) is 2.92. The lowest BCUT2D eigenvalue weighted by atomic mass is 10.2. The molecule has 0 amide bonds. The molecule has 0 saturated heterocycles. The van der Waals surface area contributed by atoms with Crippen molar-refractivity contribution in [2.24, 2.45) is 0 Å². The predicted octanol–water partition coefficient (Wildman–Crippen LogP) is 1.83. The second-order valence-electron chi connectivity index (χ2n) is 4.42. The number of fused-ring (bicyclic) bond motifs is 1. The third-order valence-electron chi connectivity index (χ3n) is 2.92. The molecule has 1 unspecified atom stereocenters. The Hall–Kier alpha value is -2.41. The Bertz CT molecular complexity index is 692. The molecule has 7 nitrogen and oxygen atoms in total. The summed E-state index contributed by atoms with van der Waals surface area (Å²) in [4.78, 5) is 8.41. The van der Waals surface area contributed by atoms with Gasteiger partial charge < -0.3 is 14.5 Å². The summed E-state index contributed by atoms with van der Waals surface area (Å²) in [6.07, 6.45) is 3.12. The van der Waals surface area contributed by atoms with Gasteiger partial charge in [-0.25, -0.2) is 4.98 Å². The first kappa shape index (κ1) is 12.6. The molecule has 1 N–H and O–H groups in total. The van der Waals surface area contributed by atoms with Crippen LogP contribution in [0.5, 0.6) is 0 Å². The molecule has 20 heavy (non-hydrogen) atoms. The van der Waals surface area contributed by atoms with E-state index >= 15 is 0 Å². The van der Waals surface area contributed by atoms with Gasteiger partial charge >= 0.3 is 0 Å². The molecule has 104 valence electrons. The third kappa shape index (κ3) is 2.35. The van der Waals surface area contributed by atoms with Crippen molar-refractivity contribution in [2.45, 2.75) is 13.0 Å². The number of hydrogen-bond acceptors (Lipinski definition) is 6. The molecule has 0 radical (unpaired) electrons. The zero-order valence-electron chi connectivity index (χ0n) is 11.3. The van der Waals surface area contributed by atoms with Gasteiger partial charge in [-0.15, -0.1) is 0 Å².